The first-order valence-electron chi connectivity index (χ1n) is 8.94. The van der Waals surface area contributed by atoms with Gasteiger partial charge in [0.1, 0.15) is 13.2 Å². The van der Waals surface area contributed by atoms with Crippen molar-refractivity contribution in [3.8, 4) is 11.5 Å². The second-order valence-corrected chi connectivity index (χ2v) is 11.2. The molecule has 2 aromatic carbocycles. The van der Waals surface area contributed by atoms with Crippen LogP contribution in [0.25, 0.3) is 0 Å². The fourth-order valence-corrected chi connectivity index (χ4v) is 7.10. The Bertz CT molecular complexity index is 1010. The number of nitrogens with zero attached hydrogens (tertiary/aromatic N) is 2. The third-order valence-corrected chi connectivity index (χ3v) is 9.61. The molecule has 4 rings (SSSR count). The Kier molecular flexibility index (Phi) is 5.81. The minimum atomic E-state index is -3.77. The summed E-state index contributed by atoms with van der Waals surface area (Å²) >= 11 is 3.27. The third-order valence-electron chi connectivity index (χ3n) is 4.80. The minimum absolute atomic E-state index is 0.0699. The molecule has 0 N–H and O–H groups in total. The molecule has 156 valence electrons. The normalized spacial score (nSPS) is 21.9. The molecule has 2 heterocycles. The molecular formula is C18H19BrN2O6S2. The molecule has 2 aliphatic rings. The van der Waals surface area contributed by atoms with Crippen molar-refractivity contribution < 1.29 is 27.0 Å². The average molecular weight is 503 g/mol. The average Bonchev–Trinajstić information content (AvgIpc) is 2.73. The van der Waals surface area contributed by atoms with Gasteiger partial charge in [-0.05, 0) is 40.2 Å². The van der Waals surface area contributed by atoms with Crippen LogP contribution in [0.15, 0.2) is 56.7 Å². The van der Waals surface area contributed by atoms with E-state index in [9.17, 15) is 17.5 Å². The zero-order chi connectivity index (χ0) is 20.6. The Labute approximate surface area is 179 Å². The third kappa shape index (κ3) is 4.00. The maximum Gasteiger partial charge on any atom is 0.189 e. The van der Waals surface area contributed by atoms with Gasteiger partial charge in [-0.15, -0.1) is 8.61 Å². The van der Waals surface area contributed by atoms with Crippen molar-refractivity contribution in [2.45, 2.75) is 9.79 Å². The van der Waals surface area contributed by atoms with Gasteiger partial charge < -0.3 is 18.6 Å². The maximum atomic E-state index is 13.0. The SMILES string of the molecule is O=[S+]([O-])(c1ccc2c(c1)OCCO2)N1CCN([S+](=O)([O-])c2ccccc2Br)CC1. The Morgan fingerprint density at radius 3 is 2.07 bits per heavy atom. The largest absolute Gasteiger partial charge is 0.593 e. The molecule has 2 unspecified atom stereocenters. The molecule has 1 saturated heterocycles. The number of rotatable bonds is 4. The number of halogens is 1. The summed E-state index contributed by atoms with van der Waals surface area (Å²) in [5.41, 5.74) is 0. The van der Waals surface area contributed by atoms with Gasteiger partial charge in [0, 0.05) is 6.07 Å². The van der Waals surface area contributed by atoms with Crippen molar-refractivity contribution in [1.82, 2.24) is 8.61 Å². The first-order valence-corrected chi connectivity index (χ1v) is 12.6. The first-order chi connectivity index (χ1) is 13.8. The number of fused-ring (bicyclic) bond motifs is 1. The lowest BCUT2D eigenvalue weighted by molar-refractivity contribution is 0.171. The molecule has 1 fully saturated rings. The van der Waals surface area contributed by atoms with Crippen LogP contribution >= 0.6 is 15.9 Å². The van der Waals surface area contributed by atoms with Crippen LogP contribution in [-0.2, 0) is 29.2 Å². The second kappa shape index (κ2) is 8.06. The monoisotopic (exact) mass is 502 g/mol. The predicted molar refractivity (Wildman–Crippen MR) is 109 cm³/mol. The summed E-state index contributed by atoms with van der Waals surface area (Å²) in [5, 5.41) is 0. The van der Waals surface area contributed by atoms with Crippen molar-refractivity contribution in [1.29, 1.82) is 0 Å². The van der Waals surface area contributed by atoms with E-state index < -0.39 is 20.8 Å². The molecule has 2 aliphatic heterocycles. The standard InChI is InChI=1S/C18H19BrN2O6S2/c19-15-3-1-2-4-18(15)29(24,25)21-9-7-20(8-10-21)28(22,23)14-5-6-16-17(13-14)27-12-11-26-16/h1-6,13H,7-12H2. The van der Waals surface area contributed by atoms with Gasteiger partial charge in [0.15, 0.2) is 42.1 Å². The highest BCUT2D eigenvalue weighted by molar-refractivity contribution is 9.10. The number of benzene rings is 2. The van der Waals surface area contributed by atoms with Crippen LogP contribution in [-0.4, -0.2) is 57.1 Å². The Morgan fingerprint density at radius 2 is 1.41 bits per heavy atom. The van der Waals surface area contributed by atoms with Crippen molar-refractivity contribution in [3.63, 3.8) is 0 Å². The molecular weight excluding hydrogens is 484 g/mol. The van der Waals surface area contributed by atoms with E-state index in [1.807, 2.05) is 0 Å². The van der Waals surface area contributed by atoms with Crippen molar-refractivity contribution in [2.75, 3.05) is 39.4 Å². The van der Waals surface area contributed by atoms with Crippen molar-refractivity contribution >= 4 is 36.7 Å². The van der Waals surface area contributed by atoms with Gasteiger partial charge in [0.2, 0.25) is 0 Å². The Hall–Kier alpha value is -1.34. The molecule has 0 spiro atoms. The molecule has 0 saturated carbocycles. The van der Waals surface area contributed by atoms with Gasteiger partial charge in [-0.3, -0.25) is 0 Å². The molecule has 29 heavy (non-hydrogen) atoms. The maximum absolute atomic E-state index is 13.0. The fraction of sp³-hybridized carbons (Fsp3) is 0.333. The van der Waals surface area contributed by atoms with Gasteiger partial charge in [-0.25, -0.2) is 0 Å². The van der Waals surface area contributed by atoms with Crippen LogP contribution in [0.4, 0.5) is 0 Å². The van der Waals surface area contributed by atoms with E-state index in [0.717, 1.165) is 0 Å². The summed E-state index contributed by atoms with van der Waals surface area (Å²) in [7, 11) is -7.48. The summed E-state index contributed by atoms with van der Waals surface area (Å²) in [6.07, 6.45) is 0. The second-order valence-electron chi connectivity index (χ2n) is 6.54. The summed E-state index contributed by atoms with van der Waals surface area (Å²) in [4.78, 5) is 0.270. The minimum Gasteiger partial charge on any atom is -0.593 e. The van der Waals surface area contributed by atoms with Gasteiger partial charge in [-0.2, -0.15) is 0 Å². The molecule has 11 heteroatoms. The zero-order valence-corrected chi connectivity index (χ0v) is 18.5. The Balaban J connectivity index is 1.50. The predicted octanol–water partition coefficient (Wildman–Crippen LogP) is 2.35. The summed E-state index contributed by atoms with van der Waals surface area (Å²) in [5.74, 6) is 0.909. The number of hydrogen-bond donors (Lipinski definition) is 0. The summed E-state index contributed by atoms with van der Waals surface area (Å²) in [6.45, 7) is 1.08. The van der Waals surface area contributed by atoms with Gasteiger partial charge >= 0.3 is 0 Å². The molecule has 2 atom stereocenters. The van der Waals surface area contributed by atoms with Crippen LogP contribution in [0.3, 0.4) is 0 Å². The lowest BCUT2D eigenvalue weighted by Crippen LogP contribution is -2.53. The lowest BCUT2D eigenvalue weighted by atomic mass is 10.3. The van der Waals surface area contributed by atoms with Crippen molar-refractivity contribution in [3.05, 3.63) is 46.9 Å². The number of ether oxygens (including phenoxy) is 2. The quantitative estimate of drug-likeness (QED) is 0.594. The molecule has 0 bridgehead atoms. The van der Waals surface area contributed by atoms with Crippen molar-refractivity contribution in [2.24, 2.45) is 0 Å². The fourth-order valence-electron chi connectivity index (χ4n) is 3.28. The molecule has 8 nitrogen and oxygen atoms in total. The first kappa shape index (κ1) is 20.9. The smallest absolute Gasteiger partial charge is 0.189 e. The van der Waals surface area contributed by atoms with Crippen LogP contribution in [0, 0.1) is 0 Å². The molecule has 0 aliphatic carbocycles. The molecule has 0 amide bonds. The van der Waals surface area contributed by atoms with E-state index in [4.69, 9.17) is 9.47 Å². The summed E-state index contributed by atoms with van der Waals surface area (Å²) < 4.78 is 65.8. The van der Waals surface area contributed by atoms with Gasteiger partial charge in [0.05, 0.1) is 30.7 Å². The van der Waals surface area contributed by atoms with E-state index in [2.05, 4.69) is 15.9 Å². The molecule has 2 aromatic rings. The van der Waals surface area contributed by atoms with E-state index in [1.54, 1.807) is 24.3 Å². The highest BCUT2D eigenvalue weighted by atomic mass is 79.9. The van der Waals surface area contributed by atoms with E-state index in [0.29, 0.717) is 29.2 Å². The Morgan fingerprint density at radius 1 is 0.828 bits per heavy atom. The highest BCUT2D eigenvalue weighted by Crippen LogP contribution is 2.35. The van der Waals surface area contributed by atoms with Crippen LogP contribution in [0.1, 0.15) is 0 Å². The topological polar surface area (TPSA) is 105 Å². The number of sulfonamides is 2. The van der Waals surface area contributed by atoms with E-state index >= 15 is 0 Å². The van der Waals surface area contributed by atoms with E-state index in [1.165, 1.54) is 26.8 Å². The lowest BCUT2D eigenvalue weighted by Gasteiger charge is -2.36. The van der Waals surface area contributed by atoms with E-state index in [-0.39, 0.29) is 36.0 Å². The summed E-state index contributed by atoms with van der Waals surface area (Å²) in [6, 6.07) is 11.1. The van der Waals surface area contributed by atoms with Crippen LogP contribution in [0.5, 0.6) is 11.5 Å². The van der Waals surface area contributed by atoms with Crippen LogP contribution < -0.4 is 9.47 Å². The van der Waals surface area contributed by atoms with Crippen LogP contribution in [0.2, 0.25) is 0 Å². The number of piperazine rings is 1. The molecule has 0 radical (unpaired) electrons. The zero-order valence-electron chi connectivity index (χ0n) is 15.3. The molecule has 0 aromatic heterocycles. The highest BCUT2D eigenvalue weighted by Gasteiger charge is 2.40. The van der Waals surface area contributed by atoms with Gasteiger partial charge in [0.25, 0.3) is 0 Å². The van der Waals surface area contributed by atoms with Gasteiger partial charge in [-0.1, -0.05) is 20.6 Å². The number of hydrogen-bond acceptors (Lipinski definition) is 6.